The molecule has 2 aromatic rings. The standard InChI is InChI=1S/C23H32N2O/c1-23(2,26)14-13-19-9-11-20(12-10-19)17-25-16-15-24(3)18-22(25)21-7-5-4-6-8-21/h4-12,22,26H,13-18H2,1-3H3/t22-/m1/s1. The second-order valence-corrected chi connectivity index (χ2v) is 8.29. The molecule has 0 saturated carbocycles. The maximum Gasteiger partial charge on any atom is 0.0594 e. The van der Waals surface area contributed by atoms with Gasteiger partial charge in [0.25, 0.3) is 0 Å². The zero-order valence-corrected chi connectivity index (χ0v) is 16.4. The van der Waals surface area contributed by atoms with Gasteiger partial charge in [-0.1, -0.05) is 54.6 Å². The van der Waals surface area contributed by atoms with E-state index in [0.717, 1.165) is 39.0 Å². The summed E-state index contributed by atoms with van der Waals surface area (Å²) in [6.07, 6.45) is 1.71. The molecule has 2 aromatic carbocycles. The first-order valence-corrected chi connectivity index (χ1v) is 9.68. The molecular weight excluding hydrogens is 320 g/mol. The molecule has 3 rings (SSSR count). The second-order valence-electron chi connectivity index (χ2n) is 8.29. The number of aliphatic hydroxyl groups is 1. The zero-order chi connectivity index (χ0) is 18.6. The molecule has 3 nitrogen and oxygen atoms in total. The molecule has 0 amide bonds. The monoisotopic (exact) mass is 352 g/mol. The van der Waals surface area contributed by atoms with E-state index in [1.165, 1.54) is 16.7 Å². The minimum atomic E-state index is -0.596. The van der Waals surface area contributed by atoms with Crippen LogP contribution in [0.15, 0.2) is 54.6 Å². The topological polar surface area (TPSA) is 26.7 Å². The first kappa shape index (κ1) is 19.1. The van der Waals surface area contributed by atoms with Crippen molar-refractivity contribution in [3.8, 4) is 0 Å². The Morgan fingerprint density at radius 1 is 0.962 bits per heavy atom. The van der Waals surface area contributed by atoms with Crippen LogP contribution in [0.3, 0.4) is 0 Å². The Bertz CT molecular complexity index is 676. The highest BCUT2D eigenvalue weighted by Gasteiger charge is 2.26. The molecule has 1 aliphatic rings. The third-order valence-corrected chi connectivity index (χ3v) is 5.31. The van der Waals surface area contributed by atoms with Crippen molar-refractivity contribution in [2.75, 3.05) is 26.7 Å². The fourth-order valence-corrected chi connectivity index (χ4v) is 3.63. The Hall–Kier alpha value is -1.68. The number of rotatable bonds is 6. The summed E-state index contributed by atoms with van der Waals surface area (Å²) < 4.78 is 0. The molecule has 0 bridgehead atoms. The van der Waals surface area contributed by atoms with E-state index in [9.17, 15) is 5.11 Å². The third kappa shape index (κ3) is 5.41. The van der Waals surface area contributed by atoms with Crippen LogP contribution in [0.2, 0.25) is 0 Å². The van der Waals surface area contributed by atoms with E-state index in [2.05, 4.69) is 71.4 Å². The summed E-state index contributed by atoms with van der Waals surface area (Å²) in [4.78, 5) is 5.02. The molecule has 1 fully saturated rings. The van der Waals surface area contributed by atoms with E-state index in [-0.39, 0.29) is 0 Å². The smallest absolute Gasteiger partial charge is 0.0594 e. The number of benzene rings is 2. The van der Waals surface area contributed by atoms with E-state index < -0.39 is 5.60 Å². The number of hydrogen-bond acceptors (Lipinski definition) is 3. The van der Waals surface area contributed by atoms with Crippen LogP contribution in [0.5, 0.6) is 0 Å². The fraction of sp³-hybridized carbons (Fsp3) is 0.478. The largest absolute Gasteiger partial charge is 0.390 e. The quantitative estimate of drug-likeness (QED) is 0.855. The van der Waals surface area contributed by atoms with Crippen molar-refractivity contribution in [3.63, 3.8) is 0 Å². The Morgan fingerprint density at radius 3 is 2.27 bits per heavy atom. The van der Waals surface area contributed by atoms with Crippen LogP contribution in [0.4, 0.5) is 0 Å². The Kier molecular flexibility index (Phi) is 6.13. The second kappa shape index (κ2) is 8.34. The van der Waals surface area contributed by atoms with Crippen LogP contribution in [-0.4, -0.2) is 47.2 Å². The lowest BCUT2D eigenvalue weighted by Crippen LogP contribution is -2.46. The molecule has 3 heteroatoms. The van der Waals surface area contributed by atoms with Gasteiger partial charge in [0, 0.05) is 32.2 Å². The number of piperazine rings is 1. The zero-order valence-electron chi connectivity index (χ0n) is 16.4. The molecule has 0 aromatic heterocycles. The summed E-state index contributed by atoms with van der Waals surface area (Å²) in [5, 5.41) is 9.90. The van der Waals surface area contributed by atoms with E-state index in [0.29, 0.717) is 6.04 Å². The minimum absolute atomic E-state index is 0.449. The maximum atomic E-state index is 9.90. The highest BCUT2D eigenvalue weighted by molar-refractivity contribution is 5.24. The molecule has 0 aliphatic carbocycles. The predicted octanol–water partition coefficient (Wildman–Crippen LogP) is 3.88. The van der Waals surface area contributed by atoms with Gasteiger partial charge in [0.2, 0.25) is 0 Å². The van der Waals surface area contributed by atoms with Crippen molar-refractivity contribution in [3.05, 3.63) is 71.3 Å². The lowest BCUT2D eigenvalue weighted by atomic mass is 9.98. The van der Waals surface area contributed by atoms with Gasteiger partial charge in [-0.15, -0.1) is 0 Å². The summed E-state index contributed by atoms with van der Waals surface area (Å²) in [7, 11) is 2.21. The molecule has 26 heavy (non-hydrogen) atoms. The number of aryl methyl sites for hydroxylation is 1. The van der Waals surface area contributed by atoms with Crippen LogP contribution in [0.25, 0.3) is 0 Å². The van der Waals surface area contributed by atoms with E-state index in [4.69, 9.17) is 0 Å². The third-order valence-electron chi connectivity index (χ3n) is 5.31. The van der Waals surface area contributed by atoms with Gasteiger partial charge in [-0.25, -0.2) is 0 Å². The SMILES string of the molecule is CN1CCN(Cc2ccc(CCC(C)(C)O)cc2)[C@@H](c2ccccc2)C1. The van der Waals surface area contributed by atoms with Crippen molar-refractivity contribution in [1.82, 2.24) is 9.80 Å². The van der Waals surface area contributed by atoms with E-state index in [1.807, 2.05) is 13.8 Å². The average molecular weight is 353 g/mol. The highest BCUT2D eigenvalue weighted by atomic mass is 16.3. The van der Waals surface area contributed by atoms with E-state index in [1.54, 1.807) is 0 Å². The summed E-state index contributed by atoms with van der Waals surface area (Å²) in [6.45, 7) is 8.02. The van der Waals surface area contributed by atoms with Crippen LogP contribution in [0.1, 0.15) is 43.0 Å². The molecule has 0 spiro atoms. The number of hydrogen-bond donors (Lipinski definition) is 1. The van der Waals surface area contributed by atoms with E-state index >= 15 is 0 Å². The first-order chi connectivity index (χ1) is 12.4. The van der Waals surface area contributed by atoms with Crippen molar-refractivity contribution in [1.29, 1.82) is 0 Å². The van der Waals surface area contributed by atoms with Gasteiger partial charge in [0.05, 0.1) is 5.60 Å². The van der Waals surface area contributed by atoms with Gasteiger partial charge < -0.3 is 10.0 Å². The molecule has 1 saturated heterocycles. The first-order valence-electron chi connectivity index (χ1n) is 9.68. The lowest BCUT2D eigenvalue weighted by Gasteiger charge is -2.40. The van der Waals surface area contributed by atoms with Crippen LogP contribution < -0.4 is 0 Å². The summed E-state index contributed by atoms with van der Waals surface area (Å²) in [6, 6.07) is 20.2. The molecular formula is C23H32N2O. The maximum absolute atomic E-state index is 9.90. The minimum Gasteiger partial charge on any atom is -0.390 e. The van der Waals surface area contributed by atoms with Gasteiger partial charge in [0.1, 0.15) is 0 Å². The Morgan fingerprint density at radius 2 is 1.62 bits per heavy atom. The van der Waals surface area contributed by atoms with Crippen molar-refractivity contribution in [2.24, 2.45) is 0 Å². The Balaban J connectivity index is 1.66. The highest BCUT2D eigenvalue weighted by Crippen LogP contribution is 2.26. The van der Waals surface area contributed by atoms with Crippen LogP contribution >= 0.6 is 0 Å². The van der Waals surface area contributed by atoms with Gasteiger partial charge in [-0.05, 0) is 50.4 Å². The summed E-state index contributed by atoms with van der Waals surface area (Å²) >= 11 is 0. The molecule has 1 aliphatic heterocycles. The average Bonchev–Trinajstić information content (AvgIpc) is 2.63. The van der Waals surface area contributed by atoms with Gasteiger partial charge in [-0.2, -0.15) is 0 Å². The van der Waals surface area contributed by atoms with Crippen LogP contribution in [-0.2, 0) is 13.0 Å². The molecule has 0 radical (unpaired) electrons. The van der Waals surface area contributed by atoms with Gasteiger partial charge in [0.15, 0.2) is 0 Å². The van der Waals surface area contributed by atoms with Crippen molar-refractivity contribution < 1.29 is 5.11 Å². The molecule has 1 atom stereocenters. The van der Waals surface area contributed by atoms with Crippen molar-refractivity contribution >= 4 is 0 Å². The predicted molar refractivity (Wildman–Crippen MR) is 108 cm³/mol. The molecule has 1 N–H and O–H groups in total. The van der Waals surface area contributed by atoms with Crippen LogP contribution in [0, 0.1) is 0 Å². The fourth-order valence-electron chi connectivity index (χ4n) is 3.63. The molecule has 0 unspecified atom stereocenters. The summed E-state index contributed by atoms with van der Waals surface area (Å²) in [5.41, 5.74) is 3.47. The lowest BCUT2D eigenvalue weighted by molar-refractivity contribution is 0.0714. The number of likely N-dealkylation sites (N-methyl/N-ethyl adjacent to an activating group) is 1. The van der Waals surface area contributed by atoms with Gasteiger partial charge in [-0.3, -0.25) is 4.90 Å². The Labute approximate surface area is 158 Å². The molecule has 140 valence electrons. The van der Waals surface area contributed by atoms with Crippen molar-refractivity contribution in [2.45, 2.75) is 44.9 Å². The summed E-state index contributed by atoms with van der Waals surface area (Å²) in [5.74, 6) is 0. The number of nitrogens with zero attached hydrogens (tertiary/aromatic N) is 2. The molecule has 1 heterocycles. The normalized spacial score (nSPS) is 19.6. The van der Waals surface area contributed by atoms with Gasteiger partial charge >= 0.3 is 0 Å².